The van der Waals surface area contributed by atoms with Crippen LogP contribution in [-0.2, 0) is 6.54 Å². The number of benzene rings is 1. The Morgan fingerprint density at radius 3 is 2.94 bits per heavy atom. The van der Waals surface area contributed by atoms with Crippen molar-refractivity contribution in [2.45, 2.75) is 19.4 Å². The van der Waals surface area contributed by atoms with Gasteiger partial charge in [-0.25, -0.2) is 4.39 Å². The van der Waals surface area contributed by atoms with E-state index in [0.29, 0.717) is 17.7 Å². The van der Waals surface area contributed by atoms with E-state index in [2.05, 4.69) is 11.6 Å². The second-order valence-electron chi connectivity index (χ2n) is 3.79. The molecule has 0 spiro atoms. The van der Waals surface area contributed by atoms with Crippen LogP contribution in [0.15, 0.2) is 18.2 Å². The van der Waals surface area contributed by atoms with Gasteiger partial charge in [-0.3, -0.25) is 0 Å². The van der Waals surface area contributed by atoms with Crippen molar-refractivity contribution in [3.8, 4) is 6.07 Å². The molecule has 0 aliphatic rings. The molecule has 0 heterocycles. The highest BCUT2D eigenvalue weighted by atomic mass is 32.2. The number of hydrogen-bond acceptors (Lipinski definition) is 3. The van der Waals surface area contributed by atoms with Gasteiger partial charge in [0.1, 0.15) is 5.82 Å². The van der Waals surface area contributed by atoms with Crippen LogP contribution in [0.5, 0.6) is 0 Å². The Bertz CT molecular complexity index is 387. The third-order valence-corrected chi connectivity index (χ3v) is 3.14. The van der Waals surface area contributed by atoms with Crippen LogP contribution >= 0.6 is 11.8 Å². The maximum absolute atomic E-state index is 13.4. The Labute approximate surface area is 106 Å². The molecule has 1 N–H and O–H groups in total. The minimum Gasteiger partial charge on any atom is -0.313 e. The molecular weight excluding hydrogens is 235 g/mol. The Kier molecular flexibility index (Phi) is 6.68. The molecule has 1 aromatic carbocycles. The summed E-state index contributed by atoms with van der Waals surface area (Å²) in [5.41, 5.74) is 1.07. The van der Waals surface area contributed by atoms with Crippen molar-refractivity contribution in [3.05, 3.63) is 35.1 Å². The molecule has 0 aliphatic heterocycles. The maximum Gasteiger partial charge on any atom is 0.127 e. The van der Waals surface area contributed by atoms with Crippen molar-refractivity contribution in [2.75, 3.05) is 18.6 Å². The van der Waals surface area contributed by atoms with Crippen LogP contribution in [0.2, 0.25) is 0 Å². The number of nitrogens with one attached hydrogen (secondary N) is 1. The first-order valence-electron chi connectivity index (χ1n) is 5.66. The molecule has 0 atom stereocenters. The first-order chi connectivity index (χ1) is 8.27. The zero-order chi connectivity index (χ0) is 12.5. The van der Waals surface area contributed by atoms with Gasteiger partial charge >= 0.3 is 0 Å². The summed E-state index contributed by atoms with van der Waals surface area (Å²) in [5, 5.41) is 11.9. The molecule has 2 nitrogen and oxygen atoms in total. The molecule has 0 amide bonds. The standard InChI is InChI=1S/C13H17FN2S/c1-17-7-3-2-6-16-10-12-8-11(9-15)4-5-13(12)14/h4-5,8,16H,2-3,6-7,10H2,1H3. The lowest BCUT2D eigenvalue weighted by molar-refractivity contribution is 0.580. The Morgan fingerprint density at radius 1 is 1.41 bits per heavy atom. The van der Waals surface area contributed by atoms with Gasteiger partial charge in [0.2, 0.25) is 0 Å². The molecule has 0 saturated carbocycles. The van der Waals surface area contributed by atoms with Crippen LogP contribution in [0.1, 0.15) is 24.0 Å². The molecule has 0 saturated heterocycles. The van der Waals surface area contributed by atoms with Crippen LogP contribution in [0.3, 0.4) is 0 Å². The smallest absolute Gasteiger partial charge is 0.127 e. The molecule has 0 radical (unpaired) electrons. The van der Waals surface area contributed by atoms with E-state index < -0.39 is 0 Å². The number of nitriles is 1. The van der Waals surface area contributed by atoms with Gasteiger partial charge in [-0.05, 0) is 49.6 Å². The van der Waals surface area contributed by atoms with E-state index in [9.17, 15) is 4.39 Å². The number of thioether (sulfide) groups is 1. The molecule has 92 valence electrons. The normalized spacial score (nSPS) is 10.2. The molecule has 0 aromatic heterocycles. The topological polar surface area (TPSA) is 35.8 Å². The highest BCUT2D eigenvalue weighted by molar-refractivity contribution is 7.98. The van der Waals surface area contributed by atoms with E-state index in [4.69, 9.17) is 5.26 Å². The fraction of sp³-hybridized carbons (Fsp3) is 0.462. The third kappa shape index (κ3) is 5.20. The molecule has 0 bridgehead atoms. The van der Waals surface area contributed by atoms with E-state index in [1.807, 2.05) is 17.8 Å². The maximum atomic E-state index is 13.4. The third-order valence-electron chi connectivity index (χ3n) is 2.44. The van der Waals surface area contributed by atoms with Gasteiger partial charge in [0.15, 0.2) is 0 Å². The predicted octanol–water partition coefficient (Wildman–Crippen LogP) is 2.93. The molecule has 0 unspecified atom stereocenters. The fourth-order valence-electron chi connectivity index (χ4n) is 1.50. The van der Waals surface area contributed by atoms with E-state index in [-0.39, 0.29) is 5.82 Å². The van der Waals surface area contributed by atoms with Crippen LogP contribution in [0, 0.1) is 17.1 Å². The SMILES string of the molecule is CSCCCCNCc1cc(C#N)ccc1F. The largest absolute Gasteiger partial charge is 0.313 e. The van der Waals surface area contributed by atoms with Gasteiger partial charge < -0.3 is 5.32 Å². The highest BCUT2D eigenvalue weighted by Crippen LogP contribution is 2.09. The minimum absolute atomic E-state index is 0.249. The van der Waals surface area contributed by atoms with Crippen LogP contribution in [0.4, 0.5) is 4.39 Å². The zero-order valence-corrected chi connectivity index (χ0v) is 10.8. The second-order valence-corrected chi connectivity index (χ2v) is 4.78. The molecular formula is C13H17FN2S. The van der Waals surface area contributed by atoms with Gasteiger partial charge in [0.25, 0.3) is 0 Å². The van der Waals surface area contributed by atoms with Gasteiger partial charge in [-0.1, -0.05) is 0 Å². The van der Waals surface area contributed by atoms with E-state index in [1.54, 1.807) is 6.07 Å². The van der Waals surface area contributed by atoms with E-state index in [1.165, 1.54) is 24.3 Å². The van der Waals surface area contributed by atoms with Crippen molar-refractivity contribution in [1.29, 1.82) is 5.26 Å². The fourth-order valence-corrected chi connectivity index (χ4v) is 1.99. The first kappa shape index (κ1) is 14.0. The van der Waals surface area contributed by atoms with Crippen LogP contribution in [-0.4, -0.2) is 18.6 Å². The highest BCUT2D eigenvalue weighted by Gasteiger charge is 2.02. The summed E-state index contributed by atoms with van der Waals surface area (Å²) in [6, 6.07) is 6.46. The van der Waals surface area contributed by atoms with Gasteiger partial charge in [0.05, 0.1) is 11.6 Å². The number of nitrogens with zero attached hydrogens (tertiary/aromatic N) is 1. The van der Waals surface area contributed by atoms with E-state index >= 15 is 0 Å². The summed E-state index contributed by atoms with van der Waals surface area (Å²) in [6.07, 6.45) is 4.37. The molecule has 1 rings (SSSR count). The summed E-state index contributed by atoms with van der Waals surface area (Å²) in [6.45, 7) is 1.37. The number of unbranched alkanes of at least 4 members (excludes halogenated alkanes) is 1. The lowest BCUT2D eigenvalue weighted by Gasteiger charge is -2.06. The lowest BCUT2D eigenvalue weighted by atomic mass is 10.1. The Hall–Kier alpha value is -1.05. The molecule has 4 heteroatoms. The quantitative estimate of drug-likeness (QED) is 0.758. The Balaban J connectivity index is 2.33. The lowest BCUT2D eigenvalue weighted by Crippen LogP contribution is -2.15. The van der Waals surface area contributed by atoms with Crippen molar-refractivity contribution in [2.24, 2.45) is 0 Å². The predicted molar refractivity (Wildman–Crippen MR) is 70.4 cm³/mol. The molecule has 0 fully saturated rings. The van der Waals surface area contributed by atoms with E-state index in [0.717, 1.165) is 13.0 Å². The van der Waals surface area contributed by atoms with Gasteiger partial charge in [-0.15, -0.1) is 0 Å². The average Bonchev–Trinajstić information content (AvgIpc) is 2.35. The van der Waals surface area contributed by atoms with Crippen molar-refractivity contribution >= 4 is 11.8 Å². The summed E-state index contributed by atoms with van der Waals surface area (Å²) in [7, 11) is 0. The monoisotopic (exact) mass is 252 g/mol. The number of halogens is 1. The average molecular weight is 252 g/mol. The molecule has 17 heavy (non-hydrogen) atoms. The van der Waals surface area contributed by atoms with Crippen molar-refractivity contribution in [1.82, 2.24) is 5.32 Å². The van der Waals surface area contributed by atoms with Crippen molar-refractivity contribution in [3.63, 3.8) is 0 Å². The summed E-state index contributed by atoms with van der Waals surface area (Å²) < 4.78 is 13.4. The summed E-state index contributed by atoms with van der Waals surface area (Å²) >= 11 is 1.84. The molecule has 0 aliphatic carbocycles. The summed E-state index contributed by atoms with van der Waals surface area (Å²) in [4.78, 5) is 0. The number of hydrogen-bond donors (Lipinski definition) is 1. The van der Waals surface area contributed by atoms with Gasteiger partial charge in [0, 0.05) is 12.1 Å². The van der Waals surface area contributed by atoms with Gasteiger partial charge in [-0.2, -0.15) is 17.0 Å². The van der Waals surface area contributed by atoms with Crippen LogP contribution < -0.4 is 5.32 Å². The second kappa shape index (κ2) is 8.10. The zero-order valence-electron chi connectivity index (χ0n) is 10.0. The van der Waals surface area contributed by atoms with Crippen molar-refractivity contribution < 1.29 is 4.39 Å². The minimum atomic E-state index is -0.249. The summed E-state index contributed by atoms with van der Waals surface area (Å²) in [5.74, 6) is 0.917. The Morgan fingerprint density at radius 2 is 2.24 bits per heavy atom. The first-order valence-corrected chi connectivity index (χ1v) is 7.05. The van der Waals surface area contributed by atoms with Crippen LogP contribution in [0.25, 0.3) is 0 Å². The molecule has 1 aromatic rings. The number of rotatable bonds is 7.